The lowest BCUT2D eigenvalue weighted by molar-refractivity contribution is 0.346. The van der Waals surface area contributed by atoms with Crippen LogP contribution in [0.1, 0.15) is 12.8 Å². The maximum atomic E-state index is 6.22. The fourth-order valence-corrected chi connectivity index (χ4v) is 2.90. The molecule has 1 fully saturated rings. The van der Waals surface area contributed by atoms with Gasteiger partial charge in [0.15, 0.2) is 0 Å². The Kier molecular flexibility index (Phi) is 5.13. The first-order valence-electron chi connectivity index (χ1n) is 6.59. The molecule has 1 N–H and O–H groups in total. The summed E-state index contributed by atoms with van der Waals surface area (Å²) < 4.78 is 0. The third-order valence-corrected chi connectivity index (χ3v) is 4.03. The lowest BCUT2D eigenvalue weighted by Gasteiger charge is -2.23. The number of hydrogen-bond acceptors (Lipinski definition) is 4. The number of anilines is 2. The van der Waals surface area contributed by atoms with Crippen LogP contribution in [-0.2, 0) is 0 Å². The van der Waals surface area contributed by atoms with Gasteiger partial charge in [0.05, 0.1) is 10.0 Å². The standard InChI is InChI=1S/C13H20Cl2N4/c1-16-12-10(14)9-11(15)13(17-12)18(2)7-8-19-5-3-4-6-19/h9H,3-8H2,1-2H3,(H,16,17). The Hall–Kier alpha value is -0.710. The van der Waals surface area contributed by atoms with Crippen LogP contribution in [0.5, 0.6) is 0 Å². The highest BCUT2D eigenvalue weighted by Crippen LogP contribution is 2.30. The predicted molar refractivity (Wildman–Crippen MR) is 82.7 cm³/mol. The minimum Gasteiger partial charge on any atom is -0.372 e. The van der Waals surface area contributed by atoms with Gasteiger partial charge in [0.2, 0.25) is 0 Å². The molecule has 19 heavy (non-hydrogen) atoms. The Balaban J connectivity index is 2.02. The van der Waals surface area contributed by atoms with Gasteiger partial charge in [-0.25, -0.2) is 4.98 Å². The molecule has 0 aromatic carbocycles. The number of aromatic nitrogens is 1. The number of rotatable bonds is 5. The van der Waals surface area contributed by atoms with Gasteiger partial charge >= 0.3 is 0 Å². The third-order valence-electron chi connectivity index (χ3n) is 3.46. The van der Waals surface area contributed by atoms with Crippen LogP contribution in [-0.4, -0.2) is 50.2 Å². The molecule has 1 aromatic rings. The number of likely N-dealkylation sites (tertiary alicyclic amines) is 1. The summed E-state index contributed by atoms with van der Waals surface area (Å²) in [5.41, 5.74) is 0. The van der Waals surface area contributed by atoms with E-state index in [1.165, 1.54) is 25.9 Å². The smallest absolute Gasteiger partial charge is 0.149 e. The summed E-state index contributed by atoms with van der Waals surface area (Å²) >= 11 is 12.3. The van der Waals surface area contributed by atoms with Crippen molar-refractivity contribution in [3.05, 3.63) is 16.1 Å². The minimum absolute atomic E-state index is 0.546. The van der Waals surface area contributed by atoms with Gasteiger partial charge in [0.25, 0.3) is 0 Å². The van der Waals surface area contributed by atoms with Gasteiger partial charge < -0.3 is 15.1 Å². The fourth-order valence-electron chi connectivity index (χ4n) is 2.30. The zero-order valence-corrected chi connectivity index (χ0v) is 12.9. The molecule has 1 saturated heterocycles. The average Bonchev–Trinajstić information content (AvgIpc) is 2.89. The number of nitrogens with zero attached hydrogens (tertiary/aromatic N) is 3. The van der Waals surface area contributed by atoms with Gasteiger partial charge in [-0.3, -0.25) is 0 Å². The van der Waals surface area contributed by atoms with Crippen LogP contribution >= 0.6 is 23.2 Å². The first kappa shape index (κ1) is 14.7. The number of likely N-dealkylation sites (N-methyl/N-ethyl adjacent to an activating group) is 1. The topological polar surface area (TPSA) is 31.4 Å². The molecule has 1 aliphatic rings. The van der Waals surface area contributed by atoms with Crippen molar-refractivity contribution < 1.29 is 0 Å². The Morgan fingerprint density at radius 2 is 2.00 bits per heavy atom. The average molecular weight is 303 g/mol. The Morgan fingerprint density at radius 3 is 2.63 bits per heavy atom. The second-order valence-electron chi connectivity index (χ2n) is 4.84. The molecule has 0 unspecified atom stereocenters. The van der Waals surface area contributed by atoms with Crippen molar-refractivity contribution in [1.29, 1.82) is 0 Å². The number of pyridine rings is 1. The normalized spacial score (nSPS) is 15.8. The van der Waals surface area contributed by atoms with Crippen LogP contribution < -0.4 is 10.2 Å². The molecule has 0 radical (unpaired) electrons. The zero-order chi connectivity index (χ0) is 13.8. The van der Waals surface area contributed by atoms with Crippen LogP contribution in [0.25, 0.3) is 0 Å². The second kappa shape index (κ2) is 6.64. The van der Waals surface area contributed by atoms with Gasteiger partial charge in [-0.2, -0.15) is 0 Å². The largest absolute Gasteiger partial charge is 0.372 e. The minimum atomic E-state index is 0.546. The predicted octanol–water partition coefficient (Wildman–Crippen LogP) is 2.96. The Labute approximate surface area is 124 Å². The van der Waals surface area contributed by atoms with Gasteiger partial charge in [0, 0.05) is 27.2 Å². The van der Waals surface area contributed by atoms with E-state index in [1.54, 1.807) is 13.1 Å². The summed E-state index contributed by atoms with van der Waals surface area (Å²) in [7, 11) is 3.81. The van der Waals surface area contributed by atoms with Gasteiger partial charge in [-0.1, -0.05) is 23.2 Å². The molecule has 2 rings (SSSR count). The van der Waals surface area contributed by atoms with E-state index in [2.05, 4.69) is 20.1 Å². The van der Waals surface area contributed by atoms with Crippen LogP contribution in [0.4, 0.5) is 11.6 Å². The summed E-state index contributed by atoms with van der Waals surface area (Å²) in [6.07, 6.45) is 2.63. The lowest BCUT2D eigenvalue weighted by atomic mass is 10.4. The molecule has 4 nitrogen and oxygen atoms in total. The van der Waals surface area contributed by atoms with E-state index in [1.807, 2.05) is 7.05 Å². The van der Waals surface area contributed by atoms with Crippen LogP contribution in [0.3, 0.4) is 0 Å². The summed E-state index contributed by atoms with van der Waals surface area (Å²) in [5, 5.41) is 4.11. The quantitative estimate of drug-likeness (QED) is 0.906. The molecule has 0 aliphatic carbocycles. The maximum Gasteiger partial charge on any atom is 0.149 e. The molecular formula is C13H20Cl2N4. The molecule has 1 aromatic heterocycles. The third kappa shape index (κ3) is 3.65. The van der Waals surface area contributed by atoms with E-state index in [0.29, 0.717) is 15.9 Å². The highest BCUT2D eigenvalue weighted by molar-refractivity contribution is 6.37. The summed E-state index contributed by atoms with van der Waals surface area (Å²) in [4.78, 5) is 9.02. The Bertz CT molecular complexity index is 433. The van der Waals surface area contributed by atoms with Gasteiger partial charge in [-0.05, 0) is 32.0 Å². The fraction of sp³-hybridized carbons (Fsp3) is 0.615. The molecule has 0 bridgehead atoms. The highest BCUT2D eigenvalue weighted by atomic mass is 35.5. The summed E-state index contributed by atoms with van der Waals surface area (Å²) in [5.74, 6) is 1.43. The van der Waals surface area contributed by atoms with Crippen molar-refractivity contribution in [2.45, 2.75) is 12.8 Å². The van der Waals surface area contributed by atoms with E-state index in [9.17, 15) is 0 Å². The number of halogens is 2. The summed E-state index contributed by atoms with van der Waals surface area (Å²) in [6.45, 7) is 4.37. The van der Waals surface area contributed by atoms with Crippen molar-refractivity contribution in [2.75, 3.05) is 50.5 Å². The number of nitrogens with one attached hydrogen (secondary N) is 1. The molecule has 6 heteroatoms. The molecule has 1 aliphatic heterocycles. The van der Waals surface area contributed by atoms with Crippen LogP contribution in [0.2, 0.25) is 10.0 Å². The molecule has 0 saturated carbocycles. The van der Waals surface area contributed by atoms with Gasteiger partial charge in [0.1, 0.15) is 11.6 Å². The van der Waals surface area contributed by atoms with Crippen molar-refractivity contribution >= 4 is 34.8 Å². The van der Waals surface area contributed by atoms with Crippen molar-refractivity contribution in [3.63, 3.8) is 0 Å². The molecule has 0 amide bonds. The van der Waals surface area contributed by atoms with E-state index in [-0.39, 0.29) is 0 Å². The van der Waals surface area contributed by atoms with Crippen molar-refractivity contribution in [2.24, 2.45) is 0 Å². The van der Waals surface area contributed by atoms with Crippen molar-refractivity contribution in [1.82, 2.24) is 9.88 Å². The monoisotopic (exact) mass is 302 g/mol. The van der Waals surface area contributed by atoms with Crippen LogP contribution in [0.15, 0.2) is 6.07 Å². The maximum absolute atomic E-state index is 6.22. The SMILES string of the molecule is CNc1nc(N(C)CCN2CCCC2)c(Cl)cc1Cl. The zero-order valence-electron chi connectivity index (χ0n) is 11.4. The molecule has 0 atom stereocenters. The highest BCUT2D eigenvalue weighted by Gasteiger charge is 2.15. The first-order chi connectivity index (χ1) is 9.11. The van der Waals surface area contributed by atoms with E-state index in [0.717, 1.165) is 18.9 Å². The molecule has 2 heterocycles. The summed E-state index contributed by atoms with van der Waals surface area (Å²) in [6, 6.07) is 1.74. The Morgan fingerprint density at radius 1 is 1.32 bits per heavy atom. The molecule has 0 spiro atoms. The van der Waals surface area contributed by atoms with E-state index < -0.39 is 0 Å². The molecular weight excluding hydrogens is 283 g/mol. The van der Waals surface area contributed by atoms with Gasteiger partial charge in [-0.15, -0.1) is 0 Å². The lowest BCUT2D eigenvalue weighted by Crippen LogP contribution is -2.32. The van der Waals surface area contributed by atoms with E-state index in [4.69, 9.17) is 23.2 Å². The molecule has 106 valence electrons. The second-order valence-corrected chi connectivity index (χ2v) is 5.66. The number of hydrogen-bond donors (Lipinski definition) is 1. The van der Waals surface area contributed by atoms with Crippen molar-refractivity contribution in [3.8, 4) is 0 Å². The first-order valence-corrected chi connectivity index (χ1v) is 7.34. The van der Waals surface area contributed by atoms with E-state index >= 15 is 0 Å². The van der Waals surface area contributed by atoms with Crippen LogP contribution in [0, 0.1) is 0 Å².